The summed E-state index contributed by atoms with van der Waals surface area (Å²) in [7, 11) is 0. The van der Waals surface area contributed by atoms with Crippen molar-refractivity contribution in [1.82, 2.24) is 0 Å². The van der Waals surface area contributed by atoms with Crippen molar-refractivity contribution in [3.63, 3.8) is 0 Å². The fourth-order valence-electron chi connectivity index (χ4n) is 1.85. The van der Waals surface area contributed by atoms with Gasteiger partial charge < -0.3 is 0 Å². The fraction of sp³-hybridized carbons (Fsp3) is 0.214. The van der Waals surface area contributed by atoms with Crippen LogP contribution in [0.25, 0.3) is 0 Å². The molecule has 1 heterocycles. The molecule has 2 aromatic rings. The van der Waals surface area contributed by atoms with Gasteiger partial charge in [0.1, 0.15) is 0 Å². The zero-order valence-electron chi connectivity index (χ0n) is 10.4. The second kappa shape index (κ2) is 5.42. The van der Waals surface area contributed by atoms with E-state index in [9.17, 15) is 4.79 Å². The van der Waals surface area contributed by atoms with Crippen LogP contribution < -0.4 is 4.90 Å². The minimum atomic E-state index is -0.804. The van der Waals surface area contributed by atoms with E-state index in [-0.39, 0.29) is 14.5 Å². The third kappa shape index (κ3) is 2.66. The van der Waals surface area contributed by atoms with Crippen LogP contribution in [0.15, 0.2) is 36.4 Å². The third-order valence-electron chi connectivity index (χ3n) is 2.70. The number of hydrogen-bond acceptors (Lipinski definition) is 2. The second-order valence-corrected chi connectivity index (χ2v) is 6.25. The number of anilines is 2. The molecule has 4 heteroatoms. The van der Waals surface area contributed by atoms with Crippen molar-refractivity contribution in [1.29, 1.82) is 0 Å². The SMILES string of the molecule is CCN(c1cccc(C)c1)c1ccc(C(=O)O)[se]1. The van der Waals surface area contributed by atoms with Crippen molar-refractivity contribution >= 4 is 30.7 Å². The first-order chi connectivity index (χ1) is 8.61. The Kier molecular flexibility index (Phi) is 3.90. The molecule has 0 radical (unpaired) electrons. The summed E-state index contributed by atoms with van der Waals surface area (Å²) >= 11 is -0.106. The van der Waals surface area contributed by atoms with Gasteiger partial charge in [-0.3, -0.25) is 0 Å². The van der Waals surface area contributed by atoms with Gasteiger partial charge in [-0.1, -0.05) is 0 Å². The Bertz CT molecular complexity index is 562. The number of aryl methyl sites for hydroxylation is 1. The molecule has 0 saturated heterocycles. The zero-order chi connectivity index (χ0) is 13.1. The van der Waals surface area contributed by atoms with Crippen LogP contribution in [0.3, 0.4) is 0 Å². The summed E-state index contributed by atoms with van der Waals surface area (Å²) in [5.74, 6) is -0.804. The molecule has 0 fully saturated rings. The molecule has 0 spiro atoms. The van der Waals surface area contributed by atoms with E-state index in [2.05, 4.69) is 36.9 Å². The Morgan fingerprint density at radius 3 is 2.67 bits per heavy atom. The van der Waals surface area contributed by atoms with Crippen LogP contribution in [0.5, 0.6) is 0 Å². The molecule has 0 saturated carbocycles. The van der Waals surface area contributed by atoms with Gasteiger partial charge in [-0.25, -0.2) is 0 Å². The number of carbonyl (C=O) groups is 1. The molecule has 0 amide bonds. The number of aromatic carboxylic acids is 1. The Morgan fingerprint density at radius 1 is 1.33 bits per heavy atom. The summed E-state index contributed by atoms with van der Waals surface area (Å²) in [6.45, 7) is 4.99. The van der Waals surface area contributed by atoms with Gasteiger partial charge in [0.05, 0.1) is 0 Å². The number of rotatable bonds is 4. The topological polar surface area (TPSA) is 40.5 Å². The molecule has 2 rings (SSSR count). The summed E-state index contributed by atoms with van der Waals surface area (Å²) in [5.41, 5.74) is 2.34. The summed E-state index contributed by atoms with van der Waals surface area (Å²) in [5, 5.41) is 9.00. The van der Waals surface area contributed by atoms with Crippen molar-refractivity contribution in [2.24, 2.45) is 0 Å². The molecule has 0 aliphatic heterocycles. The van der Waals surface area contributed by atoms with Crippen LogP contribution in [-0.4, -0.2) is 32.1 Å². The number of benzene rings is 1. The first-order valence-corrected chi connectivity index (χ1v) is 7.50. The number of carboxylic acid groups (broad SMARTS) is 1. The Balaban J connectivity index is 2.35. The maximum absolute atomic E-state index is 10.9. The normalized spacial score (nSPS) is 10.3. The van der Waals surface area contributed by atoms with Gasteiger partial charge in [-0.15, -0.1) is 0 Å². The molecule has 0 aliphatic carbocycles. The predicted octanol–water partition coefficient (Wildman–Crippen LogP) is 2.91. The summed E-state index contributed by atoms with van der Waals surface area (Å²) in [6.07, 6.45) is 0. The quantitative estimate of drug-likeness (QED) is 0.883. The first-order valence-electron chi connectivity index (χ1n) is 5.79. The number of nitrogens with zero attached hydrogens (tertiary/aromatic N) is 1. The van der Waals surface area contributed by atoms with Gasteiger partial charge in [0.25, 0.3) is 0 Å². The molecular formula is C14H15NO2Se. The molecule has 0 aliphatic rings. The standard InChI is InChI=1S/C14H15NO2Se/c1-3-15(11-6-4-5-10(2)9-11)13-8-7-12(18-13)14(16)17/h4-9H,3H2,1-2H3,(H,16,17). The minimum absolute atomic E-state index is 0.106. The van der Waals surface area contributed by atoms with Crippen LogP contribution in [0.4, 0.5) is 10.2 Å². The van der Waals surface area contributed by atoms with Gasteiger partial charge in [0.15, 0.2) is 0 Å². The van der Waals surface area contributed by atoms with Gasteiger partial charge in [-0.2, -0.15) is 0 Å². The maximum atomic E-state index is 10.9. The van der Waals surface area contributed by atoms with Crippen molar-refractivity contribution in [2.45, 2.75) is 13.8 Å². The molecule has 0 atom stereocenters. The van der Waals surface area contributed by atoms with Crippen LogP contribution in [0, 0.1) is 6.92 Å². The van der Waals surface area contributed by atoms with E-state index in [1.165, 1.54) is 5.56 Å². The van der Waals surface area contributed by atoms with Crippen molar-refractivity contribution < 1.29 is 9.90 Å². The van der Waals surface area contributed by atoms with Crippen LogP contribution in [0.2, 0.25) is 0 Å². The molecule has 1 aromatic heterocycles. The molecular weight excluding hydrogens is 293 g/mol. The Morgan fingerprint density at radius 2 is 2.11 bits per heavy atom. The molecule has 3 nitrogen and oxygen atoms in total. The summed E-state index contributed by atoms with van der Waals surface area (Å²) in [4.78, 5) is 13.1. The van der Waals surface area contributed by atoms with Gasteiger partial charge in [0.2, 0.25) is 0 Å². The van der Waals surface area contributed by atoms with E-state index in [0.717, 1.165) is 16.8 Å². The van der Waals surface area contributed by atoms with Gasteiger partial charge in [-0.05, 0) is 0 Å². The Hall–Kier alpha value is -1.51. The molecule has 94 valence electrons. The molecule has 1 N–H and O–H groups in total. The monoisotopic (exact) mass is 309 g/mol. The summed E-state index contributed by atoms with van der Waals surface area (Å²) < 4.78 is 1.62. The average Bonchev–Trinajstić information content (AvgIpc) is 2.80. The van der Waals surface area contributed by atoms with E-state index in [4.69, 9.17) is 5.11 Å². The van der Waals surface area contributed by atoms with Crippen molar-refractivity contribution in [3.8, 4) is 0 Å². The fourth-order valence-corrected chi connectivity index (χ4v) is 3.80. The number of hydrogen-bond donors (Lipinski definition) is 1. The molecule has 18 heavy (non-hydrogen) atoms. The van der Waals surface area contributed by atoms with E-state index >= 15 is 0 Å². The van der Waals surface area contributed by atoms with Crippen LogP contribution in [-0.2, 0) is 0 Å². The molecule has 1 aromatic carbocycles. The Labute approximate surface area is 112 Å². The van der Waals surface area contributed by atoms with E-state index in [1.807, 2.05) is 12.1 Å². The summed E-state index contributed by atoms with van der Waals surface area (Å²) in [6, 6.07) is 11.9. The number of carboxylic acids is 1. The van der Waals surface area contributed by atoms with Crippen LogP contribution in [0.1, 0.15) is 21.7 Å². The third-order valence-corrected chi connectivity index (χ3v) is 5.00. The predicted molar refractivity (Wildman–Crippen MR) is 74.2 cm³/mol. The van der Waals surface area contributed by atoms with Crippen molar-refractivity contribution in [2.75, 3.05) is 11.4 Å². The zero-order valence-corrected chi connectivity index (χ0v) is 12.1. The second-order valence-electron chi connectivity index (χ2n) is 4.03. The first kappa shape index (κ1) is 12.9. The van der Waals surface area contributed by atoms with Gasteiger partial charge in [0, 0.05) is 0 Å². The molecule has 0 bridgehead atoms. The van der Waals surface area contributed by atoms with Gasteiger partial charge >= 0.3 is 112 Å². The molecule has 0 unspecified atom stereocenters. The van der Waals surface area contributed by atoms with E-state index < -0.39 is 5.97 Å². The van der Waals surface area contributed by atoms with Crippen molar-refractivity contribution in [3.05, 3.63) is 46.4 Å². The van der Waals surface area contributed by atoms with Crippen LogP contribution >= 0.6 is 0 Å². The average molecular weight is 308 g/mol. The van der Waals surface area contributed by atoms with E-state index in [0.29, 0.717) is 4.44 Å². The van der Waals surface area contributed by atoms with E-state index in [1.54, 1.807) is 6.07 Å².